The highest BCUT2D eigenvalue weighted by atomic mass is 79.9. The maximum Gasteiger partial charge on any atom is 0.417 e. The van der Waals surface area contributed by atoms with E-state index in [2.05, 4.69) is 15.9 Å². The summed E-state index contributed by atoms with van der Waals surface area (Å²) in [6.07, 6.45) is -6.50. The standard InChI is InChI=1S/C16H18BrF3O5S/c1-8(2)25-13-7-10(6-11(13)15(21)22)26(23,24)14-4-3-9(17)5-12(14)16(18,19)20/h3-5,8,10-11,13H,6-7H2,1-2H3,(H,21,22)/t10-,11-,13-/m0/s1. The van der Waals surface area contributed by atoms with Crippen LogP contribution in [0.3, 0.4) is 0 Å². The molecule has 0 unspecified atom stereocenters. The van der Waals surface area contributed by atoms with E-state index in [0.29, 0.717) is 6.07 Å². The average Bonchev–Trinajstić information content (AvgIpc) is 2.90. The van der Waals surface area contributed by atoms with Gasteiger partial charge in [0.1, 0.15) is 0 Å². The summed E-state index contributed by atoms with van der Waals surface area (Å²) in [5.41, 5.74) is -1.27. The van der Waals surface area contributed by atoms with Gasteiger partial charge in [0.05, 0.1) is 33.8 Å². The van der Waals surface area contributed by atoms with E-state index in [1.165, 1.54) is 6.07 Å². The highest BCUT2D eigenvalue weighted by Gasteiger charge is 2.48. The molecule has 1 aromatic rings. The molecule has 0 saturated heterocycles. The summed E-state index contributed by atoms with van der Waals surface area (Å²) < 4.78 is 71.2. The number of sulfone groups is 1. The SMILES string of the molecule is CC(C)O[C@H]1C[C@@H](S(=O)(=O)c2ccc(Br)cc2C(F)(F)F)C[C@@H]1C(=O)O. The first-order valence-electron chi connectivity index (χ1n) is 7.83. The molecule has 0 radical (unpaired) electrons. The summed E-state index contributed by atoms with van der Waals surface area (Å²) in [5, 5.41) is 8.05. The minimum absolute atomic E-state index is 0.0969. The zero-order valence-electron chi connectivity index (χ0n) is 14.0. The molecule has 0 bridgehead atoms. The maximum absolute atomic E-state index is 13.3. The normalized spacial score (nSPS) is 24.2. The second kappa shape index (κ2) is 7.47. The van der Waals surface area contributed by atoms with Crippen molar-refractivity contribution in [1.29, 1.82) is 0 Å². The van der Waals surface area contributed by atoms with Crippen LogP contribution in [-0.2, 0) is 25.5 Å². The zero-order valence-corrected chi connectivity index (χ0v) is 16.4. The monoisotopic (exact) mass is 458 g/mol. The molecule has 3 atom stereocenters. The van der Waals surface area contributed by atoms with Gasteiger partial charge in [-0.25, -0.2) is 8.42 Å². The molecule has 0 aromatic heterocycles. The Morgan fingerprint density at radius 3 is 2.42 bits per heavy atom. The summed E-state index contributed by atoms with van der Waals surface area (Å²) in [5.74, 6) is -2.30. The lowest BCUT2D eigenvalue weighted by molar-refractivity contribution is -0.147. The lowest BCUT2D eigenvalue weighted by Crippen LogP contribution is -2.27. The Labute approximate surface area is 157 Å². The van der Waals surface area contributed by atoms with Crippen molar-refractivity contribution < 1.29 is 36.2 Å². The van der Waals surface area contributed by atoms with Gasteiger partial charge in [-0.05, 0) is 44.9 Å². The Hall–Kier alpha value is -1.13. The van der Waals surface area contributed by atoms with Crippen molar-refractivity contribution in [2.24, 2.45) is 5.92 Å². The van der Waals surface area contributed by atoms with Crippen LogP contribution in [0.25, 0.3) is 0 Å². The molecule has 0 heterocycles. The number of carboxylic acids is 1. The van der Waals surface area contributed by atoms with E-state index in [4.69, 9.17) is 4.74 Å². The van der Waals surface area contributed by atoms with E-state index >= 15 is 0 Å². The van der Waals surface area contributed by atoms with Crippen LogP contribution in [0, 0.1) is 5.92 Å². The summed E-state index contributed by atoms with van der Waals surface area (Å²) in [6.45, 7) is 3.36. The number of carboxylic acid groups (broad SMARTS) is 1. The van der Waals surface area contributed by atoms with E-state index in [1.54, 1.807) is 13.8 Å². The first kappa shape index (κ1) is 21.2. The van der Waals surface area contributed by atoms with Crippen LogP contribution in [0.15, 0.2) is 27.6 Å². The number of rotatable bonds is 5. The van der Waals surface area contributed by atoms with Gasteiger partial charge in [0.15, 0.2) is 9.84 Å². The van der Waals surface area contributed by atoms with E-state index in [0.717, 1.165) is 6.07 Å². The molecule has 0 amide bonds. The number of hydrogen-bond donors (Lipinski definition) is 1. The lowest BCUT2D eigenvalue weighted by Gasteiger charge is -2.19. The third kappa shape index (κ3) is 4.40. The predicted molar refractivity (Wildman–Crippen MR) is 90.5 cm³/mol. The summed E-state index contributed by atoms with van der Waals surface area (Å²) in [4.78, 5) is 10.6. The molecule has 0 spiro atoms. The topological polar surface area (TPSA) is 80.7 Å². The lowest BCUT2D eigenvalue weighted by atomic mass is 10.1. The van der Waals surface area contributed by atoms with Gasteiger partial charge in [0, 0.05) is 4.47 Å². The Bertz CT molecular complexity index is 792. The second-order valence-corrected chi connectivity index (χ2v) is 9.56. The molecule has 1 N–H and O–H groups in total. The fourth-order valence-electron chi connectivity index (χ4n) is 3.12. The number of benzene rings is 1. The molecule has 26 heavy (non-hydrogen) atoms. The Morgan fingerprint density at radius 2 is 1.92 bits per heavy atom. The van der Waals surface area contributed by atoms with Gasteiger partial charge in [-0.15, -0.1) is 0 Å². The molecular formula is C16H18BrF3O5S. The molecule has 1 aromatic carbocycles. The molecule has 1 aliphatic rings. The van der Waals surface area contributed by atoms with Crippen molar-refractivity contribution in [1.82, 2.24) is 0 Å². The van der Waals surface area contributed by atoms with Crippen molar-refractivity contribution in [2.75, 3.05) is 0 Å². The number of ether oxygens (including phenoxy) is 1. The smallest absolute Gasteiger partial charge is 0.417 e. The highest BCUT2D eigenvalue weighted by Crippen LogP contribution is 2.41. The minimum Gasteiger partial charge on any atom is -0.481 e. The molecule has 1 aliphatic carbocycles. The van der Waals surface area contributed by atoms with Crippen molar-refractivity contribution >= 4 is 31.7 Å². The molecule has 2 rings (SSSR count). The fourth-order valence-corrected chi connectivity index (χ4v) is 5.48. The number of aliphatic carboxylic acids is 1. The van der Waals surface area contributed by atoms with Crippen LogP contribution in [-0.4, -0.2) is 37.0 Å². The van der Waals surface area contributed by atoms with Crippen LogP contribution in [0.4, 0.5) is 13.2 Å². The van der Waals surface area contributed by atoms with Gasteiger partial charge >= 0.3 is 12.1 Å². The predicted octanol–water partition coefficient (Wildman–Crippen LogP) is 3.90. The molecule has 0 aliphatic heterocycles. The largest absolute Gasteiger partial charge is 0.481 e. The zero-order chi connectivity index (χ0) is 19.9. The molecule has 5 nitrogen and oxygen atoms in total. The second-order valence-electron chi connectivity index (χ2n) is 6.44. The van der Waals surface area contributed by atoms with Crippen molar-refractivity contribution in [3.8, 4) is 0 Å². The first-order valence-corrected chi connectivity index (χ1v) is 10.2. The van der Waals surface area contributed by atoms with Crippen molar-refractivity contribution in [3.05, 3.63) is 28.2 Å². The maximum atomic E-state index is 13.3. The fraction of sp³-hybridized carbons (Fsp3) is 0.562. The van der Waals surface area contributed by atoms with Gasteiger partial charge < -0.3 is 9.84 Å². The number of alkyl halides is 3. The van der Waals surface area contributed by atoms with E-state index in [9.17, 15) is 31.5 Å². The molecule has 1 saturated carbocycles. The van der Waals surface area contributed by atoms with E-state index in [-0.39, 0.29) is 23.4 Å². The number of halogens is 4. The van der Waals surface area contributed by atoms with Crippen molar-refractivity contribution in [2.45, 2.75) is 55.2 Å². The first-order chi connectivity index (χ1) is 11.8. The van der Waals surface area contributed by atoms with Crippen LogP contribution < -0.4 is 0 Å². The van der Waals surface area contributed by atoms with Crippen LogP contribution in [0.2, 0.25) is 0 Å². The van der Waals surface area contributed by atoms with Gasteiger partial charge in [-0.1, -0.05) is 15.9 Å². The molecular weight excluding hydrogens is 441 g/mol. The van der Waals surface area contributed by atoms with Gasteiger partial charge in [-0.3, -0.25) is 4.79 Å². The van der Waals surface area contributed by atoms with E-state index < -0.39 is 49.7 Å². The summed E-state index contributed by atoms with van der Waals surface area (Å²) in [7, 11) is -4.39. The minimum atomic E-state index is -4.86. The quantitative estimate of drug-likeness (QED) is 0.723. The molecule has 1 fully saturated rings. The summed E-state index contributed by atoms with van der Waals surface area (Å²) >= 11 is 2.91. The van der Waals surface area contributed by atoms with Crippen molar-refractivity contribution in [3.63, 3.8) is 0 Å². The van der Waals surface area contributed by atoms with Gasteiger partial charge in [0.25, 0.3) is 0 Å². The summed E-state index contributed by atoms with van der Waals surface area (Å²) in [6, 6.07) is 2.82. The number of carbonyl (C=O) groups is 1. The number of hydrogen-bond acceptors (Lipinski definition) is 4. The Balaban J connectivity index is 2.44. The van der Waals surface area contributed by atoms with Crippen LogP contribution in [0.1, 0.15) is 32.3 Å². The molecule has 146 valence electrons. The Morgan fingerprint density at radius 1 is 1.31 bits per heavy atom. The third-order valence-electron chi connectivity index (χ3n) is 4.22. The van der Waals surface area contributed by atoms with Crippen LogP contribution >= 0.6 is 15.9 Å². The Kier molecular flexibility index (Phi) is 6.09. The van der Waals surface area contributed by atoms with Crippen LogP contribution in [0.5, 0.6) is 0 Å². The average molecular weight is 459 g/mol. The van der Waals surface area contributed by atoms with Gasteiger partial charge in [0.2, 0.25) is 0 Å². The molecule has 10 heteroatoms. The highest BCUT2D eigenvalue weighted by molar-refractivity contribution is 9.10. The van der Waals surface area contributed by atoms with Gasteiger partial charge in [-0.2, -0.15) is 13.2 Å². The van der Waals surface area contributed by atoms with E-state index in [1.807, 2.05) is 0 Å². The third-order valence-corrected chi connectivity index (χ3v) is 6.94.